The number of nitrogen functional groups attached to an aromatic ring is 1. The molecule has 3 aromatic carbocycles. The molecule has 180 valence electrons. The molecule has 0 aliphatic rings. The van der Waals surface area contributed by atoms with Gasteiger partial charge in [-0.3, -0.25) is 0 Å². The average Bonchev–Trinajstić information content (AvgIpc) is 2.88. The van der Waals surface area contributed by atoms with Gasteiger partial charge in [0.15, 0.2) is 0 Å². The zero-order chi connectivity index (χ0) is 25.2. The maximum atomic E-state index is 15.1. The first-order valence-corrected chi connectivity index (χ1v) is 12.5. The predicted octanol–water partition coefficient (Wildman–Crippen LogP) is 4.88. The first kappa shape index (κ1) is 24.5. The molecule has 1 aromatic heterocycles. The van der Waals surface area contributed by atoms with E-state index in [-0.39, 0.29) is 4.90 Å². The number of aliphatic hydroxyl groups is 1. The van der Waals surface area contributed by atoms with Gasteiger partial charge in [0.25, 0.3) is 0 Å². The minimum atomic E-state index is -4.02. The Morgan fingerprint density at radius 3 is 2.23 bits per heavy atom. The van der Waals surface area contributed by atoms with Crippen molar-refractivity contribution in [2.24, 2.45) is 0 Å². The molecule has 0 fully saturated rings. The fourth-order valence-electron chi connectivity index (χ4n) is 3.91. The Bertz CT molecular complexity index is 1430. The van der Waals surface area contributed by atoms with Crippen LogP contribution in [0.2, 0.25) is 0 Å². The number of anilines is 1. The summed E-state index contributed by atoms with van der Waals surface area (Å²) < 4.78 is 43.4. The molecule has 0 radical (unpaired) electrons. The van der Waals surface area contributed by atoms with Gasteiger partial charge in [0.1, 0.15) is 11.6 Å². The molecule has 0 saturated heterocycles. The Labute approximate surface area is 204 Å². The maximum absolute atomic E-state index is 15.1. The van der Waals surface area contributed by atoms with E-state index in [9.17, 15) is 13.5 Å². The predicted molar refractivity (Wildman–Crippen MR) is 135 cm³/mol. The average molecular weight is 492 g/mol. The first-order chi connectivity index (χ1) is 16.7. The van der Waals surface area contributed by atoms with Crippen LogP contribution in [0.4, 0.5) is 10.2 Å². The van der Waals surface area contributed by atoms with Gasteiger partial charge < -0.3 is 10.8 Å². The van der Waals surface area contributed by atoms with Gasteiger partial charge in [-0.25, -0.2) is 17.8 Å². The number of likely N-dealkylation sites (N-methyl/N-ethyl adjacent to an activating group) is 1. The lowest BCUT2D eigenvalue weighted by molar-refractivity contribution is 0.108. The molecule has 6 nitrogen and oxygen atoms in total. The fraction of sp³-hybridized carbons (Fsp3) is 0.148. The number of rotatable bonds is 7. The van der Waals surface area contributed by atoms with E-state index in [1.807, 2.05) is 6.07 Å². The number of aromatic nitrogens is 1. The Morgan fingerprint density at radius 1 is 0.914 bits per heavy atom. The van der Waals surface area contributed by atoms with Crippen molar-refractivity contribution in [3.05, 3.63) is 103 Å². The standard InChI is InChI=1S/C27H26FN3O3S/c1-18(27(32)19-8-4-3-5-9-19)31(2)35(33,34)25-11-7-6-10-23(25)20-12-14-22(24(28)16-20)21-13-15-26(29)30-17-21/h3-18,27,32H,1-2H3,(H2,29,30). The van der Waals surface area contributed by atoms with Crippen molar-refractivity contribution in [2.75, 3.05) is 12.8 Å². The molecule has 2 atom stereocenters. The minimum absolute atomic E-state index is 0.0240. The van der Waals surface area contributed by atoms with Crippen molar-refractivity contribution in [1.29, 1.82) is 0 Å². The van der Waals surface area contributed by atoms with E-state index in [0.29, 0.717) is 33.6 Å². The van der Waals surface area contributed by atoms with E-state index < -0.39 is 28.0 Å². The second-order valence-electron chi connectivity index (χ2n) is 8.28. The molecule has 0 bridgehead atoms. The number of pyridine rings is 1. The Kier molecular flexibility index (Phi) is 6.98. The zero-order valence-electron chi connectivity index (χ0n) is 19.3. The lowest BCUT2D eigenvalue weighted by Gasteiger charge is -2.29. The lowest BCUT2D eigenvalue weighted by Crippen LogP contribution is -2.39. The van der Waals surface area contributed by atoms with Crippen LogP contribution < -0.4 is 5.73 Å². The SMILES string of the molecule is CC(C(O)c1ccccc1)N(C)S(=O)(=O)c1ccccc1-c1ccc(-c2ccc(N)nc2)c(F)c1. The van der Waals surface area contributed by atoms with Crippen molar-refractivity contribution in [3.8, 4) is 22.3 Å². The largest absolute Gasteiger partial charge is 0.387 e. The molecule has 8 heteroatoms. The Morgan fingerprint density at radius 2 is 1.57 bits per heavy atom. The molecule has 2 unspecified atom stereocenters. The first-order valence-electron chi connectivity index (χ1n) is 11.0. The number of benzene rings is 3. The van der Waals surface area contributed by atoms with Crippen LogP contribution in [0.15, 0.2) is 96.0 Å². The summed E-state index contributed by atoms with van der Waals surface area (Å²) in [6.07, 6.45) is 0.466. The molecule has 0 amide bonds. The van der Waals surface area contributed by atoms with Crippen LogP contribution in [0.5, 0.6) is 0 Å². The molecular weight excluding hydrogens is 465 g/mol. The summed E-state index contributed by atoms with van der Waals surface area (Å²) in [6.45, 7) is 1.65. The molecular formula is C27H26FN3O3S. The molecule has 0 saturated carbocycles. The van der Waals surface area contributed by atoms with Crippen LogP contribution in [-0.2, 0) is 10.0 Å². The number of hydrogen-bond acceptors (Lipinski definition) is 5. The highest BCUT2D eigenvalue weighted by Gasteiger charge is 2.32. The molecule has 4 aromatic rings. The lowest BCUT2D eigenvalue weighted by atomic mass is 10.0. The van der Waals surface area contributed by atoms with Crippen molar-refractivity contribution >= 4 is 15.8 Å². The van der Waals surface area contributed by atoms with Gasteiger partial charge in [0.05, 0.1) is 17.0 Å². The molecule has 0 aliphatic carbocycles. The molecule has 4 rings (SSSR count). The second-order valence-corrected chi connectivity index (χ2v) is 10.2. The van der Waals surface area contributed by atoms with Gasteiger partial charge >= 0.3 is 0 Å². The smallest absolute Gasteiger partial charge is 0.243 e. The van der Waals surface area contributed by atoms with Gasteiger partial charge in [-0.2, -0.15) is 4.31 Å². The van der Waals surface area contributed by atoms with Crippen LogP contribution in [0.25, 0.3) is 22.3 Å². The highest BCUT2D eigenvalue weighted by atomic mass is 32.2. The van der Waals surface area contributed by atoms with Crippen molar-refractivity contribution in [2.45, 2.75) is 24.0 Å². The quantitative estimate of drug-likeness (QED) is 0.384. The summed E-state index contributed by atoms with van der Waals surface area (Å²) in [5.74, 6) is -0.178. The Balaban J connectivity index is 1.69. The zero-order valence-corrected chi connectivity index (χ0v) is 20.2. The third-order valence-corrected chi connectivity index (χ3v) is 8.10. The van der Waals surface area contributed by atoms with Gasteiger partial charge in [0.2, 0.25) is 10.0 Å². The summed E-state index contributed by atoms with van der Waals surface area (Å²) in [6, 6.07) is 22.4. The van der Waals surface area contributed by atoms with E-state index in [1.54, 1.807) is 73.7 Å². The summed E-state index contributed by atoms with van der Waals surface area (Å²) in [4.78, 5) is 4.03. The summed E-state index contributed by atoms with van der Waals surface area (Å²) in [7, 11) is -2.59. The number of halogens is 1. The summed E-state index contributed by atoms with van der Waals surface area (Å²) in [5.41, 5.74) is 7.90. The molecule has 0 aliphatic heterocycles. The maximum Gasteiger partial charge on any atom is 0.243 e. The minimum Gasteiger partial charge on any atom is -0.387 e. The monoisotopic (exact) mass is 491 g/mol. The van der Waals surface area contributed by atoms with E-state index in [0.717, 1.165) is 4.31 Å². The number of nitrogens with zero attached hydrogens (tertiary/aromatic N) is 2. The number of sulfonamides is 1. The number of hydrogen-bond donors (Lipinski definition) is 2. The van der Waals surface area contributed by atoms with E-state index in [1.165, 1.54) is 25.4 Å². The second kappa shape index (κ2) is 9.95. The van der Waals surface area contributed by atoms with E-state index in [2.05, 4.69) is 4.98 Å². The van der Waals surface area contributed by atoms with Gasteiger partial charge in [0, 0.05) is 29.9 Å². The fourth-order valence-corrected chi connectivity index (χ4v) is 5.49. The van der Waals surface area contributed by atoms with Crippen LogP contribution in [0, 0.1) is 5.82 Å². The summed E-state index contributed by atoms with van der Waals surface area (Å²) >= 11 is 0. The number of nitrogens with two attached hydrogens (primary N) is 1. The van der Waals surface area contributed by atoms with E-state index >= 15 is 4.39 Å². The van der Waals surface area contributed by atoms with E-state index in [4.69, 9.17) is 5.73 Å². The van der Waals surface area contributed by atoms with Gasteiger partial charge in [-0.05, 0) is 42.3 Å². The molecule has 3 N–H and O–H groups in total. The van der Waals surface area contributed by atoms with Crippen molar-refractivity contribution < 1.29 is 17.9 Å². The van der Waals surface area contributed by atoms with Crippen molar-refractivity contribution in [3.63, 3.8) is 0 Å². The third kappa shape index (κ3) is 4.95. The van der Waals surface area contributed by atoms with Crippen LogP contribution >= 0.6 is 0 Å². The summed E-state index contributed by atoms with van der Waals surface area (Å²) in [5, 5.41) is 10.8. The van der Waals surface area contributed by atoms with Gasteiger partial charge in [-0.1, -0.05) is 60.7 Å². The highest BCUT2D eigenvalue weighted by Crippen LogP contribution is 2.34. The Hall–Kier alpha value is -3.59. The van der Waals surface area contributed by atoms with Crippen molar-refractivity contribution in [1.82, 2.24) is 9.29 Å². The molecule has 35 heavy (non-hydrogen) atoms. The topological polar surface area (TPSA) is 96.5 Å². The normalized spacial score (nSPS) is 13.5. The van der Waals surface area contributed by atoms with Gasteiger partial charge in [-0.15, -0.1) is 0 Å². The number of aliphatic hydroxyl groups excluding tert-OH is 1. The highest BCUT2D eigenvalue weighted by molar-refractivity contribution is 7.89. The molecule has 1 heterocycles. The van der Waals surface area contributed by atoms with Crippen LogP contribution in [-0.4, -0.2) is 35.9 Å². The third-order valence-electron chi connectivity index (χ3n) is 6.09. The van der Waals surface area contributed by atoms with Crippen LogP contribution in [0.3, 0.4) is 0 Å². The van der Waals surface area contributed by atoms with Crippen LogP contribution in [0.1, 0.15) is 18.6 Å². The molecule has 0 spiro atoms.